The first kappa shape index (κ1) is 14.9. The number of hydrogen-bond acceptors (Lipinski definition) is 3. The van der Waals surface area contributed by atoms with E-state index in [1.165, 1.54) is 11.3 Å². The van der Waals surface area contributed by atoms with Gasteiger partial charge in [0.1, 0.15) is 0 Å². The number of piperazine rings is 1. The van der Waals surface area contributed by atoms with Crippen molar-refractivity contribution in [2.45, 2.75) is 26.2 Å². The second-order valence-corrected chi connectivity index (χ2v) is 5.22. The second kappa shape index (κ2) is 7.29. The average Bonchev–Trinajstić information content (AvgIpc) is 2.52. The number of anilines is 1. The number of nitrogens with one attached hydrogen (secondary N) is 2. The maximum absolute atomic E-state index is 12.1. The van der Waals surface area contributed by atoms with Gasteiger partial charge >= 0.3 is 0 Å². The minimum Gasteiger partial charge on any atom is -0.369 e. The summed E-state index contributed by atoms with van der Waals surface area (Å²) < 4.78 is 0. The van der Waals surface area contributed by atoms with Crippen LogP contribution >= 0.6 is 0 Å². The zero-order valence-electron chi connectivity index (χ0n) is 12.5. The van der Waals surface area contributed by atoms with Gasteiger partial charge in [-0.1, -0.05) is 19.4 Å². The maximum Gasteiger partial charge on any atom is 0.251 e. The molecule has 0 atom stereocenters. The van der Waals surface area contributed by atoms with Crippen molar-refractivity contribution in [1.82, 2.24) is 10.6 Å². The molecular weight excluding hydrogens is 250 g/mol. The van der Waals surface area contributed by atoms with Crippen LogP contribution in [0.3, 0.4) is 0 Å². The number of carbonyl (C=O) groups is 1. The summed E-state index contributed by atoms with van der Waals surface area (Å²) in [6, 6.07) is 6.09. The van der Waals surface area contributed by atoms with Crippen LogP contribution in [0.5, 0.6) is 0 Å². The summed E-state index contributed by atoms with van der Waals surface area (Å²) in [5, 5.41) is 6.13. The maximum atomic E-state index is 12.1. The van der Waals surface area contributed by atoms with Crippen molar-refractivity contribution in [2.75, 3.05) is 38.1 Å². The van der Waals surface area contributed by atoms with E-state index in [1.54, 1.807) is 7.05 Å². The first-order valence-corrected chi connectivity index (χ1v) is 7.57. The van der Waals surface area contributed by atoms with E-state index in [-0.39, 0.29) is 5.91 Å². The van der Waals surface area contributed by atoms with Crippen molar-refractivity contribution in [3.63, 3.8) is 0 Å². The topological polar surface area (TPSA) is 44.4 Å². The van der Waals surface area contributed by atoms with Gasteiger partial charge in [-0.3, -0.25) is 4.79 Å². The van der Waals surface area contributed by atoms with Crippen molar-refractivity contribution in [3.05, 3.63) is 29.3 Å². The lowest BCUT2D eigenvalue weighted by atomic mass is 9.98. The fourth-order valence-electron chi connectivity index (χ4n) is 2.74. The minimum absolute atomic E-state index is 0.0214. The molecule has 0 spiro atoms. The Balaban J connectivity index is 2.35. The minimum atomic E-state index is 0.0214. The number of nitrogens with zero attached hydrogens (tertiary/aromatic N) is 1. The Morgan fingerprint density at radius 3 is 2.75 bits per heavy atom. The lowest BCUT2D eigenvalue weighted by Gasteiger charge is -2.32. The van der Waals surface area contributed by atoms with Crippen molar-refractivity contribution in [3.8, 4) is 0 Å². The number of amides is 1. The molecule has 4 nitrogen and oxygen atoms in total. The molecule has 1 aliphatic heterocycles. The highest BCUT2D eigenvalue weighted by molar-refractivity contribution is 5.97. The smallest absolute Gasteiger partial charge is 0.251 e. The van der Waals surface area contributed by atoms with Gasteiger partial charge in [-0.05, 0) is 30.5 Å². The highest BCUT2D eigenvalue weighted by Crippen LogP contribution is 2.26. The van der Waals surface area contributed by atoms with Gasteiger partial charge in [0.05, 0.1) is 0 Å². The van der Waals surface area contributed by atoms with Gasteiger partial charge in [-0.25, -0.2) is 0 Å². The Bertz CT molecular complexity index is 453. The summed E-state index contributed by atoms with van der Waals surface area (Å²) in [4.78, 5) is 14.5. The van der Waals surface area contributed by atoms with E-state index in [0.29, 0.717) is 0 Å². The summed E-state index contributed by atoms with van der Waals surface area (Å²) in [6.07, 6.45) is 3.23. The van der Waals surface area contributed by atoms with Crippen LogP contribution in [-0.4, -0.2) is 39.1 Å². The van der Waals surface area contributed by atoms with Crippen LogP contribution in [-0.2, 0) is 6.42 Å². The van der Waals surface area contributed by atoms with Crippen LogP contribution in [0, 0.1) is 0 Å². The summed E-state index contributed by atoms with van der Waals surface area (Å²) >= 11 is 0. The normalized spacial score (nSPS) is 15.2. The van der Waals surface area contributed by atoms with Crippen molar-refractivity contribution in [1.29, 1.82) is 0 Å². The number of unbranched alkanes of at least 4 members (excludes halogenated alkanes) is 1. The van der Waals surface area contributed by atoms with E-state index in [2.05, 4.69) is 28.5 Å². The van der Waals surface area contributed by atoms with E-state index in [1.807, 2.05) is 12.1 Å². The molecular formula is C16H25N3O. The van der Waals surface area contributed by atoms with Crippen LogP contribution in [0.15, 0.2) is 18.2 Å². The second-order valence-electron chi connectivity index (χ2n) is 5.22. The monoisotopic (exact) mass is 275 g/mol. The average molecular weight is 275 g/mol. The predicted molar refractivity (Wildman–Crippen MR) is 83.5 cm³/mol. The molecule has 2 N–H and O–H groups in total. The highest BCUT2D eigenvalue weighted by atomic mass is 16.1. The van der Waals surface area contributed by atoms with Gasteiger partial charge in [-0.2, -0.15) is 0 Å². The fourth-order valence-corrected chi connectivity index (χ4v) is 2.74. The Labute approximate surface area is 121 Å². The van der Waals surface area contributed by atoms with E-state index in [0.717, 1.165) is 51.0 Å². The quantitative estimate of drug-likeness (QED) is 0.861. The Hall–Kier alpha value is -1.55. The molecule has 110 valence electrons. The van der Waals surface area contributed by atoms with Crippen LogP contribution in [0.4, 0.5) is 5.69 Å². The molecule has 1 heterocycles. The van der Waals surface area contributed by atoms with Crippen molar-refractivity contribution >= 4 is 11.6 Å². The summed E-state index contributed by atoms with van der Waals surface area (Å²) in [6.45, 7) is 6.23. The van der Waals surface area contributed by atoms with Crippen LogP contribution in [0.1, 0.15) is 35.7 Å². The number of carbonyl (C=O) groups excluding carboxylic acids is 1. The first-order chi connectivity index (χ1) is 9.77. The molecule has 0 aliphatic carbocycles. The molecule has 1 saturated heterocycles. The Morgan fingerprint density at radius 2 is 2.10 bits per heavy atom. The van der Waals surface area contributed by atoms with E-state index >= 15 is 0 Å². The van der Waals surface area contributed by atoms with Crippen LogP contribution < -0.4 is 15.5 Å². The van der Waals surface area contributed by atoms with Crippen LogP contribution in [0.2, 0.25) is 0 Å². The largest absolute Gasteiger partial charge is 0.369 e. The molecule has 0 unspecified atom stereocenters. The number of benzene rings is 1. The zero-order chi connectivity index (χ0) is 14.4. The Kier molecular flexibility index (Phi) is 5.41. The number of hydrogen-bond donors (Lipinski definition) is 2. The van der Waals surface area contributed by atoms with Crippen LogP contribution in [0.25, 0.3) is 0 Å². The molecule has 0 aromatic heterocycles. The van der Waals surface area contributed by atoms with Gasteiger partial charge in [0.2, 0.25) is 0 Å². The predicted octanol–water partition coefficient (Wildman–Crippen LogP) is 1.80. The van der Waals surface area contributed by atoms with Crippen molar-refractivity contribution in [2.24, 2.45) is 0 Å². The zero-order valence-corrected chi connectivity index (χ0v) is 12.5. The van der Waals surface area contributed by atoms with Gasteiger partial charge in [0, 0.05) is 44.5 Å². The molecule has 0 saturated carbocycles. The van der Waals surface area contributed by atoms with Gasteiger partial charge in [0.15, 0.2) is 0 Å². The molecule has 1 fully saturated rings. The van der Waals surface area contributed by atoms with E-state index < -0.39 is 0 Å². The summed E-state index contributed by atoms with van der Waals surface area (Å²) in [7, 11) is 1.70. The lowest BCUT2D eigenvalue weighted by molar-refractivity contribution is 0.0962. The molecule has 4 heteroatoms. The molecule has 1 aliphatic rings. The standard InChI is InChI=1S/C16H25N3O/c1-3-4-6-13-14(16(20)17-2)7-5-8-15(13)19-11-9-18-10-12-19/h5,7-8,18H,3-4,6,9-12H2,1-2H3,(H,17,20). The molecule has 2 rings (SSSR count). The fraction of sp³-hybridized carbons (Fsp3) is 0.562. The van der Waals surface area contributed by atoms with E-state index in [9.17, 15) is 4.79 Å². The molecule has 1 aromatic rings. The molecule has 0 radical (unpaired) electrons. The molecule has 1 amide bonds. The first-order valence-electron chi connectivity index (χ1n) is 7.57. The van der Waals surface area contributed by atoms with E-state index in [4.69, 9.17) is 0 Å². The SMILES string of the molecule is CCCCc1c(C(=O)NC)cccc1N1CCNCC1. The third-order valence-electron chi connectivity index (χ3n) is 3.86. The molecule has 1 aromatic carbocycles. The third kappa shape index (κ3) is 3.31. The van der Waals surface area contributed by atoms with Crippen molar-refractivity contribution < 1.29 is 4.79 Å². The third-order valence-corrected chi connectivity index (χ3v) is 3.86. The lowest BCUT2D eigenvalue weighted by Crippen LogP contribution is -2.44. The summed E-state index contributed by atoms with van der Waals surface area (Å²) in [5.74, 6) is 0.0214. The van der Waals surface area contributed by atoms with Gasteiger partial charge in [0.25, 0.3) is 5.91 Å². The molecule has 20 heavy (non-hydrogen) atoms. The summed E-state index contributed by atoms with van der Waals surface area (Å²) in [5.41, 5.74) is 3.27. The Morgan fingerprint density at radius 1 is 1.35 bits per heavy atom. The number of rotatable bonds is 5. The van der Waals surface area contributed by atoms with Gasteiger partial charge in [-0.15, -0.1) is 0 Å². The highest BCUT2D eigenvalue weighted by Gasteiger charge is 2.18. The molecule has 0 bridgehead atoms. The van der Waals surface area contributed by atoms with Gasteiger partial charge < -0.3 is 15.5 Å².